The van der Waals surface area contributed by atoms with Gasteiger partial charge in [-0.25, -0.2) is 5.84 Å². The third kappa shape index (κ3) is 1.78. The zero-order valence-corrected chi connectivity index (χ0v) is 7.19. The Bertz CT molecular complexity index is 269. The Morgan fingerprint density at radius 1 is 1.54 bits per heavy atom. The number of rotatable bonds is 2. The molecular formula is C7H12N4O2. The van der Waals surface area contributed by atoms with Gasteiger partial charge in [0.05, 0.1) is 6.61 Å². The summed E-state index contributed by atoms with van der Waals surface area (Å²) in [6, 6.07) is 0.251. The maximum atomic E-state index is 5.31. The predicted molar refractivity (Wildman–Crippen MR) is 44.9 cm³/mol. The van der Waals surface area contributed by atoms with Crippen LogP contribution in [-0.2, 0) is 4.74 Å². The highest BCUT2D eigenvalue weighted by atomic mass is 16.5. The van der Waals surface area contributed by atoms with Crippen molar-refractivity contribution >= 4 is 6.01 Å². The summed E-state index contributed by atoms with van der Waals surface area (Å²) in [6.07, 6.45) is 2.09. The van der Waals surface area contributed by atoms with Crippen LogP contribution in [0.4, 0.5) is 6.01 Å². The second-order valence-electron chi connectivity index (χ2n) is 3.02. The van der Waals surface area contributed by atoms with Gasteiger partial charge in [-0.3, -0.25) is 5.43 Å². The van der Waals surface area contributed by atoms with Crippen LogP contribution in [0.15, 0.2) is 4.52 Å². The number of hydrazine groups is 1. The molecule has 3 N–H and O–H groups in total. The summed E-state index contributed by atoms with van der Waals surface area (Å²) < 4.78 is 10.1. The fourth-order valence-corrected chi connectivity index (χ4v) is 1.40. The van der Waals surface area contributed by atoms with E-state index in [-0.39, 0.29) is 11.9 Å². The van der Waals surface area contributed by atoms with Gasteiger partial charge in [0.15, 0.2) is 5.82 Å². The highest BCUT2D eigenvalue weighted by Crippen LogP contribution is 2.23. The van der Waals surface area contributed by atoms with Crippen LogP contribution in [0.2, 0.25) is 0 Å². The van der Waals surface area contributed by atoms with Crippen LogP contribution >= 0.6 is 0 Å². The van der Waals surface area contributed by atoms with Crippen molar-refractivity contribution < 1.29 is 9.26 Å². The molecule has 6 nitrogen and oxygen atoms in total. The van der Waals surface area contributed by atoms with Gasteiger partial charge in [-0.1, -0.05) is 5.16 Å². The number of aromatic nitrogens is 2. The minimum absolute atomic E-state index is 0.250. The first-order valence-electron chi connectivity index (χ1n) is 4.28. The Kier molecular flexibility index (Phi) is 2.42. The molecule has 72 valence electrons. The van der Waals surface area contributed by atoms with E-state index in [1.807, 2.05) is 0 Å². The van der Waals surface area contributed by atoms with E-state index in [1.54, 1.807) is 0 Å². The maximum Gasteiger partial charge on any atom is 0.335 e. The number of nitrogens with zero attached hydrogens (tertiary/aromatic N) is 2. The van der Waals surface area contributed by atoms with E-state index in [1.165, 1.54) is 0 Å². The normalized spacial score (nSPS) is 23.0. The van der Waals surface area contributed by atoms with Gasteiger partial charge in [0.1, 0.15) is 0 Å². The van der Waals surface area contributed by atoms with Gasteiger partial charge in [-0.05, 0) is 12.8 Å². The first kappa shape index (κ1) is 8.46. The molecule has 0 amide bonds. The Balaban J connectivity index is 2.05. The number of ether oxygens (including phenoxy) is 1. The second kappa shape index (κ2) is 3.71. The lowest BCUT2D eigenvalue weighted by molar-refractivity contribution is 0.0773. The van der Waals surface area contributed by atoms with Gasteiger partial charge in [0.25, 0.3) is 0 Å². The van der Waals surface area contributed by atoms with E-state index in [9.17, 15) is 0 Å². The minimum Gasteiger partial charge on any atom is -0.381 e. The Morgan fingerprint density at radius 2 is 2.46 bits per heavy atom. The molecule has 1 unspecified atom stereocenters. The number of nitrogens with one attached hydrogen (secondary N) is 1. The molecule has 1 atom stereocenters. The molecule has 1 aromatic rings. The standard InChI is InChI=1S/C7H12N4O2/c8-10-7-9-6(11-13-7)5-2-1-3-12-4-5/h5H,1-4,8H2,(H,9,10,11). The molecule has 0 bridgehead atoms. The summed E-state index contributed by atoms with van der Waals surface area (Å²) in [6.45, 7) is 1.50. The molecule has 1 aliphatic heterocycles. The molecule has 0 aromatic carbocycles. The van der Waals surface area contributed by atoms with Crippen molar-refractivity contribution in [2.75, 3.05) is 18.6 Å². The fraction of sp³-hybridized carbons (Fsp3) is 0.714. The van der Waals surface area contributed by atoms with Crippen LogP contribution in [0.1, 0.15) is 24.6 Å². The molecule has 1 saturated heterocycles. The molecular weight excluding hydrogens is 172 g/mol. The largest absolute Gasteiger partial charge is 0.381 e. The van der Waals surface area contributed by atoms with E-state index < -0.39 is 0 Å². The van der Waals surface area contributed by atoms with Gasteiger partial charge < -0.3 is 9.26 Å². The number of nitrogen functional groups attached to an aromatic ring is 1. The lowest BCUT2D eigenvalue weighted by atomic mass is 10.0. The maximum absolute atomic E-state index is 5.31. The number of nitrogens with two attached hydrogens (primary N) is 1. The summed E-state index contributed by atoms with van der Waals surface area (Å²) in [5.74, 6) is 6.04. The molecule has 1 aliphatic rings. The van der Waals surface area contributed by atoms with E-state index in [4.69, 9.17) is 15.1 Å². The molecule has 0 aliphatic carbocycles. The molecule has 1 fully saturated rings. The lowest BCUT2D eigenvalue weighted by Gasteiger charge is -2.18. The second-order valence-corrected chi connectivity index (χ2v) is 3.02. The van der Waals surface area contributed by atoms with Crippen molar-refractivity contribution in [1.29, 1.82) is 0 Å². The summed E-state index contributed by atoms with van der Waals surface area (Å²) in [7, 11) is 0. The number of hydrogen-bond donors (Lipinski definition) is 2. The van der Waals surface area contributed by atoms with Gasteiger partial charge in [0.2, 0.25) is 0 Å². The Labute approximate surface area is 75.4 Å². The monoisotopic (exact) mass is 184 g/mol. The Hall–Kier alpha value is -1.14. The molecule has 0 radical (unpaired) electrons. The van der Waals surface area contributed by atoms with Crippen LogP contribution in [-0.4, -0.2) is 23.4 Å². The van der Waals surface area contributed by atoms with Crippen LogP contribution in [0.3, 0.4) is 0 Å². The highest BCUT2D eigenvalue weighted by Gasteiger charge is 2.21. The topological polar surface area (TPSA) is 86.2 Å². The molecule has 6 heteroatoms. The summed E-state index contributed by atoms with van der Waals surface area (Å²) >= 11 is 0. The average molecular weight is 184 g/mol. The average Bonchev–Trinajstić information content (AvgIpc) is 2.67. The van der Waals surface area contributed by atoms with Crippen molar-refractivity contribution in [3.8, 4) is 0 Å². The first-order valence-corrected chi connectivity index (χ1v) is 4.28. The van der Waals surface area contributed by atoms with Crippen molar-refractivity contribution in [2.24, 2.45) is 5.84 Å². The van der Waals surface area contributed by atoms with Crippen LogP contribution in [0.5, 0.6) is 0 Å². The fourth-order valence-electron chi connectivity index (χ4n) is 1.40. The van der Waals surface area contributed by atoms with E-state index in [2.05, 4.69) is 15.6 Å². The number of hydrogen-bond acceptors (Lipinski definition) is 6. The molecule has 0 spiro atoms. The molecule has 13 heavy (non-hydrogen) atoms. The zero-order valence-electron chi connectivity index (χ0n) is 7.19. The van der Waals surface area contributed by atoms with E-state index >= 15 is 0 Å². The van der Waals surface area contributed by atoms with Crippen LogP contribution in [0, 0.1) is 0 Å². The van der Waals surface area contributed by atoms with E-state index in [0.717, 1.165) is 19.4 Å². The smallest absolute Gasteiger partial charge is 0.335 e. The van der Waals surface area contributed by atoms with Gasteiger partial charge in [0, 0.05) is 12.5 Å². The van der Waals surface area contributed by atoms with Crippen LogP contribution in [0.25, 0.3) is 0 Å². The van der Waals surface area contributed by atoms with Crippen molar-refractivity contribution in [2.45, 2.75) is 18.8 Å². The van der Waals surface area contributed by atoms with Crippen LogP contribution < -0.4 is 11.3 Å². The molecule has 1 aromatic heterocycles. The molecule has 2 heterocycles. The summed E-state index contributed by atoms with van der Waals surface area (Å²) in [5, 5.41) is 3.80. The van der Waals surface area contributed by atoms with E-state index in [0.29, 0.717) is 12.4 Å². The van der Waals surface area contributed by atoms with Crippen molar-refractivity contribution in [1.82, 2.24) is 10.1 Å². The number of anilines is 1. The quantitative estimate of drug-likeness (QED) is 0.506. The summed E-state index contributed by atoms with van der Waals surface area (Å²) in [5.41, 5.74) is 2.31. The molecule has 0 saturated carbocycles. The zero-order chi connectivity index (χ0) is 9.10. The third-order valence-electron chi connectivity index (χ3n) is 2.09. The SMILES string of the molecule is NNc1nc(C2CCCOC2)no1. The summed E-state index contributed by atoms with van der Waals surface area (Å²) in [4.78, 5) is 4.06. The lowest BCUT2D eigenvalue weighted by Crippen LogP contribution is -2.16. The van der Waals surface area contributed by atoms with Crippen molar-refractivity contribution in [3.63, 3.8) is 0 Å². The minimum atomic E-state index is 0.250. The van der Waals surface area contributed by atoms with Gasteiger partial charge >= 0.3 is 6.01 Å². The Morgan fingerprint density at radius 3 is 3.08 bits per heavy atom. The first-order chi connectivity index (χ1) is 6.40. The van der Waals surface area contributed by atoms with Crippen molar-refractivity contribution in [3.05, 3.63) is 5.82 Å². The third-order valence-corrected chi connectivity index (χ3v) is 2.09. The van der Waals surface area contributed by atoms with Gasteiger partial charge in [-0.2, -0.15) is 4.98 Å². The predicted octanol–water partition coefficient (Wildman–Crippen LogP) is 0.249. The molecule has 2 rings (SSSR count). The van der Waals surface area contributed by atoms with Gasteiger partial charge in [-0.15, -0.1) is 0 Å². The highest BCUT2D eigenvalue weighted by molar-refractivity contribution is 5.16.